The largest absolute Gasteiger partial charge is 0.444 e. The van der Waals surface area contributed by atoms with Crippen LogP contribution < -0.4 is 5.32 Å². The number of aromatic nitrogens is 2. The van der Waals surface area contributed by atoms with Gasteiger partial charge in [0.1, 0.15) is 5.60 Å². The molecule has 1 unspecified atom stereocenters. The van der Waals surface area contributed by atoms with Gasteiger partial charge in [0.2, 0.25) is 0 Å². The SMILES string of the molecule is CCC(CC(=O)c1cnn(C)c1)NC(=O)OC(C)(C)C. The number of hydrogen-bond acceptors (Lipinski definition) is 4. The zero-order valence-corrected chi connectivity index (χ0v) is 12.8. The topological polar surface area (TPSA) is 73.2 Å². The van der Waals surface area contributed by atoms with Crippen LogP contribution in [0.3, 0.4) is 0 Å². The molecule has 1 rings (SSSR count). The minimum absolute atomic E-state index is 0.0407. The average Bonchev–Trinajstić information content (AvgIpc) is 2.72. The van der Waals surface area contributed by atoms with Gasteiger partial charge in [-0.15, -0.1) is 0 Å². The van der Waals surface area contributed by atoms with Gasteiger partial charge in [0.25, 0.3) is 0 Å². The number of alkyl carbamates (subject to hydrolysis) is 1. The van der Waals surface area contributed by atoms with Gasteiger partial charge in [0, 0.05) is 25.7 Å². The molecule has 0 aliphatic carbocycles. The van der Waals surface area contributed by atoms with E-state index in [2.05, 4.69) is 10.4 Å². The third kappa shape index (κ3) is 5.42. The van der Waals surface area contributed by atoms with Gasteiger partial charge in [-0.2, -0.15) is 5.10 Å². The Morgan fingerprint density at radius 2 is 2.10 bits per heavy atom. The first-order valence-corrected chi connectivity index (χ1v) is 6.72. The molecule has 1 aromatic rings. The predicted octanol–water partition coefficient (Wildman–Crippen LogP) is 2.30. The maximum Gasteiger partial charge on any atom is 0.407 e. The molecule has 1 amide bonds. The molecule has 0 saturated carbocycles. The molecule has 0 bridgehead atoms. The number of hydrogen-bond donors (Lipinski definition) is 1. The van der Waals surface area contributed by atoms with Crippen LogP contribution in [0, 0.1) is 0 Å². The lowest BCUT2D eigenvalue weighted by Gasteiger charge is -2.22. The second kappa shape index (κ2) is 6.54. The summed E-state index contributed by atoms with van der Waals surface area (Å²) in [5.74, 6) is -0.0407. The van der Waals surface area contributed by atoms with E-state index in [-0.39, 0.29) is 18.2 Å². The standard InChI is InChI=1S/C14H23N3O3/c1-6-11(16-13(19)20-14(2,3)4)7-12(18)10-8-15-17(5)9-10/h8-9,11H,6-7H2,1-5H3,(H,16,19). The summed E-state index contributed by atoms with van der Waals surface area (Å²) >= 11 is 0. The fourth-order valence-electron chi connectivity index (χ4n) is 1.68. The van der Waals surface area contributed by atoms with Crippen LogP contribution in [0.25, 0.3) is 0 Å². The van der Waals surface area contributed by atoms with Crippen LogP contribution in [-0.4, -0.2) is 33.3 Å². The molecule has 0 aliphatic rings. The van der Waals surface area contributed by atoms with Crippen molar-refractivity contribution in [2.45, 2.75) is 52.2 Å². The van der Waals surface area contributed by atoms with E-state index in [0.717, 1.165) is 0 Å². The van der Waals surface area contributed by atoms with E-state index in [1.165, 1.54) is 6.20 Å². The number of amides is 1. The summed E-state index contributed by atoms with van der Waals surface area (Å²) < 4.78 is 6.76. The predicted molar refractivity (Wildman–Crippen MR) is 75.6 cm³/mol. The molecule has 0 radical (unpaired) electrons. The van der Waals surface area contributed by atoms with Gasteiger partial charge in [-0.05, 0) is 27.2 Å². The average molecular weight is 281 g/mol. The highest BCUT2D eigenvalue weighted by Gasteiger charge is 2.21. The van der Waals surface area contributed by atoms with E-state index < -0.39 is 11.7 Å². The number of nitrogens with one attached hydrogen (secondary N) is 1. The van der Waals surface area contributed by atoms with E-state index in [1.54, 1.807) is 38.7 Å². The second-order valence-electron chi connectivity index (χ2n) is 5.78. The minimum atomic E-state index is -0.546. The van der Waals surface area contributed by atoms with Crippen LogP contribution in [0.5, 0.6) is 0 Å². The smallest absolute Gasteiger partial charge is 0.407 e. The van der Waals surface area contributed by atoms with Crippen LogP contribution in [0.15, 0.2) is 12.4 Å². The summed E-state index contributed by atoms with van der Waals surface area (Å²) in [6, 6.07) is -0.238. The lowest BCUT2D eigenvalue weighted by Crippen LogP contribution is -2.39. The number of Topliss-reactive ketones (excluding diaryl/α,β-unsaturated/α-hetero) is 1. The monoisotopic (exact) mass is 281 g/mol. The van der Waals surface area contributed by atoms with Crippen molar-refractivity contribution >= 4 is 11.9 Å². The zero-order valence-electron chi connectivity index (χ0n) is 12.8. The Morgan fingerprint density at radius 3 is 2.55 bits per heavy atom. The zero-order chi connectivity index (χ0) is 15.3. The van der Waals surface area contributed by atoms with Crippen molar-refractivity contribution in [2.75, 3.05) is 0 Å². The molecule has 1 N–H and O–H groups in total. The van der Waals surface area contributed by atoms with Crippen LogP contribution in [0.1, 0.15) is 50.9 Å². The normalized spacial score (nSPS) is 12.8. The molecule has 6 heteroatoms. The van der Waals surface area contributed by atoms with Crippen molar-refractivity contribution in [1.29, 1.82) is 0 Å². The molecule has 0 saturated heterocycles. The Morgan fingerprint density at radius 1 is 1.45 bits per heavy atom. The van der Waals surface area contributed by atoms with Crippen LogP contribution in [-0.2, 0) is 11.8 Å². The Bertz CT molecular complexity index is 474. The third-order valence-electron chi connectivity index (χ3n) is 2.67. The summed E-state index contributed by atoms with van der Waals surface area (Å²) in [7, 11) is 1.76. The number of ketones is 1. The summed E-state index contributed by atoms with van der Waals surface area (Å²) in [5, 5.41) is 6.69. The number of nitrogens with zero attached hydrogens (tertiary/aromatic N) is 2. The van der Waals surface area contributed by atoms with Gasteiger partial charge < -0.3 is 10.1 Å². The fourth-order valence-corrected chi connectivity index (χ4v) is 1.68. The van der Waals surface area contributed by atoms with E-state index in [9.17, 15) is 9.59 Å². The van der Waals surface area contributed by atoms with Gasteiger partial charge in [-0.25, -0.2) is 4.79 Å². The van der Waals surface area contributed by atoms with E-state index in [1.807, 2.05) is 6.92 Å². The minimum Gasteiger partial charge on any atom is -0.444 e. The molecule has 0 aromatic carbocycles. The van der Waals surface area contributed by atoms with Crippen LogP contribution in [0.2, 0.25) is 0 Å². The maximum absolute atomic E-state index is 12.0. The lowest BCUT2D eigenvalue weighted by atomic mass is 10.0. The van der Waals surface area contributed by atoms with Crippen molar-refractivity contribution in [3.05, 3.63) is 18.0 Å². The van der Waals surface area contributed by atoms with Crippen molar-refractivity contribution in [2.24, 2.45) is 7.05 Å². The van der Waals surface area contributed by atoms with Crippen molar-refractivity contribution in [3.63, 3.8) is 0 Å². The van der Waals surface area contributed by atoms with E-state index in [4.69, 9.17) is 4.74 Å². The molecular formula is C14H23N3O3. The van der Waals surface area contributed by atoms with Crippen LogP contribution >= 0.6 is 0 Å². The molecule has 1 atom stereocenters. The third-order valence-corrected chi connectivity index (χ3v) is 2.67. The molecule has 0 fully saturated rings. The molecule has 1 aromatic heterocycles. The summed E-state index contributed by atoms with van der Waals surface area (Å²) in [5.41, 5.74) is 0.00682. The van der Waals surface area contributed by atoms with Crippen molar-refractivity contribution in [1.82, 2.24) is 15.1 Å². The molecule has 20 heavy (non-hydrogen) atoms. The van der Waals surface area contributed by atoms with Crippen LogP contribution in [0.4, 0.5) is 4.79 Å². The Labute approximate surface area is 119 Å². The van der Waals surface area contributed by atoms with Gasteiger partial charge in [-0.1, -0.05) is 6.92 Å². The van der Waals surface area contributed by atoms with Gasteiger partial charge in [-0.3, -0.25) is 9.48 Å². The molecule has 1 heterocycles. The Kier molecular flexibility index (Phi) is 5.30. The molecular weight excluding hydrogens is 258 g/mol. The quantitative estimate of drug-likeness (QED) is 0.840. The molecule has 0 aliphatic heterocycles. The summed E-state index contributed by atoms with van der Waals surface area (Å²) in [6.07, 6.45) is 3.60. The first-order chi connectivity index (χ1) is 9.21. The van der Waals surface area contributed by atoms with E-state index in [0.29, 0.717) is 12.0 Å². The second-order valence-corrected chi connectivity index (χ2v) is 5.78. The van der Waals surface area contributed by atoms with Gasteiger partial charge in [0.05, 0.1) is 11.8 Å². The molecule has 6 nitrogen and oxygen atoms in total. The number of carbonyl (C=O) groups excluding carboxylic acids is 2. The first-order valence-electron chi connectivity index (χ1n) is 6.72. The van der Waals surface area contributed by atoms with Crippen molar-refractivity contribution < 1.29 is 14.3 Å². The van der Waals surface area contributed by atoms with Crippen molar-refractivity contribution in [3.8, 4) is 0 Å². The van der Waals surface area contributed by atoms with Gasteiger partial charge >= 0.3 is 6.09 Å². The highest BCUT2D eigenvalue weighted by molar-refractivity contribution is 5.96. The highest BCUT2D eigenvalue weighted by Crippen LogP contribution is 2.10. The molecule has 0 spiro atoms. The number of aryl methyl sites for hydroxylation is 1. The Hall–Kier alpha value is -1.85. The molecule has 112 valence electrons. The number of rotatable bonds is 5. The Balaban J connectivity index is 2.55. The number of ether oxygens (including phenoxy) is 1. The summed E-state index contributed by atoms with van der Waals surface area (Å²) in [4.78, 5) is 23.7. The fraction of sp³-hybridized carbons (Fsp3) is 0.643. The van der Waals surface area contributed by atoms with Gasteiger partial charge in [0.15, 0.2) is 5.78 Å². The first kappa shape index (κ1) is 16.2. The number of carbonyl (C=O) groups is 2. The van der Waals surface area contributed by atoms with E-state index >= 15 is 0 Å². The summed E-state index contributed by atoms with van der Waals surface area (Å²) in [6.45, 7) is 7.32. The lowest BCUT2D eigenvalue weighted by molar-refractivity contribution is 0.0500. The highest BCUT2D eigenvalue weighted by atomic mass is 16.6. The maximum atomic E-state index is 12.0.